The first-order chi connectivity index (χ1) is 18.7. The quantitative estimate of drug-likeness (QED) is 0.316. The zero-order valence-electron chi connectivity index (χ0n) is 23.3. The zero-order valence-corrected chi connectivity index (χ0v) is 23.3. The third-order valence-corrected chi connectivity index (χ3v) is 6.92. The maximum atomic E-state index is 14.2. The van der Waals surface area contributed by atoms with Crippen LogP contribution in [0.4, 0.5) is 5.69 Å². The van der Waals surface area contributed by atoms with Crippen molar-refractivity contribution in [1.29, 1.82) is 0 Å². The number of carbonyl (C=O) groups is 2. The highest BCUT2D eigenvalue weighted by atomic mass is 16.5. The van der Waals surface area contributed by atoms with Crippen molar-refractivity contribution < 1.29 is 19.1 Å². The van der Waals surface area contributed by atoms with Gasteiger partial charge in [-0.1, -0.05) is 48.5 Å². The van der Waals surface area contributed by atoms with E-state index >= 15 is 0 Å². The summed E-state index contributed by atoms with van der Waals surface area (Å²) in [6, 6.07) is 19.2. The lowest BCUT2D eigenvalue weighted by atomic mass is 9.97. The number of hydrogen-bond acceptors (Lipinski definition) is 6. The van der Waals surface area contributed by atoms with Crippen LogP contribution in [-0.4, -0.2) is 46.6 Å². The molecule has 0 aliphatic heterocycles. The molecule has 39 heavy (non-hydrogen) atoms. The molecular formula is C30H35N5O4. The van der Waals surface area contributed by atoms with Crippen molar-refractivity contribution in [3.8, 4) is 11.5 Å². The number of hydrogen-bond donors (Lipinski definition) is 1. The summed E-state index contributed by atoms with van der Waals surface area (Å²) in [4.78, 5) is 29.9. The summed E-state index contributed by atoms with van der Waals surface area (Å²) >= 11 is 0. The van der Waals surface area contributed by atoms with E-state index in [1.807, 2.05) is 76.2 Å². The van der Waals surface area contributed by atoms with Crippen molar-refractivity contribution in [2.24, 2.45) is 0 Å². The highest BCUT2D eigenvalue weighted by Crippen LogP contribution is 2.36. The van der Waals surface area contributed by atoms with Crippen LogP contribution in [-0.2, 0) is 16.1 Å². The molecule has 9 heteroatoms. The number of nitrogens with one attached hydrogen (secondary N) is 1. The van der Waals surface area contributed by atoms with Gasteiger partial charge in [0.2, 0.25) is 11.8 Å². The summed E-state index contributed by atoms with van der Waals surface area (Å²) in [5.74, 6) is 0.359. The van der Waals surface area contributed by atoms with Crippen LogP contribution in [0.5, 0.6) is 11.5 Å². The van der Waals surface area contributed by atoms with Crippen molar-refractivity contribution in [3.63, 3.8) is 0 Å². The molecule has 0 aliphatic rings. The largest absolute Gasteiger partial charge is 0.493 e. The Labute approximate surface area is 228 Å². The Morgan fingerprint density at radius 2 is 1.69 bits per heavy atom. The van der Waals surface area contributed by atoms with Crippen LogP contribution in [0.25, 0.3) is 11.0 Å². The molecule has 1 atom stereocenters. The van der Waals surface area contributed by atoms with Crippen molar-refractivity contribution in [3.05, 3.63) is 77.9 Å². The zero-order chi connectivity index (χ0) is 28.2. The van der Waals surface area contributed by atoms with Gasteiger partial charge in [-0.05, 0) is 68.7 Å². The molecule has 4 rings (SSSR count). The first-order valence-corrected chi connectivity index (χ1v) is 12.9. The number of aromatic nitrogens is 3. The van der Waals surface area contributed by atoms with Gasteiger partial charge < -0.3 is 14.8 Å². The SMILES string of the molecule is CCC(C)(C)NC(=O)C(c1ccc(OC)c(OC)c1)N(C(=O)Cn1nnc2ccccc21)c1ccccc1C. The fourth-order valence-electron chi connectivity index (χ4n) is 4.42. The molecule has 1 N–H and O–H groups in total. The number of aryl methyl sites for hydroxylation is 1. The third-order valence-electron chi connectivity index (χ3n) is 6.92. The lowest BCUT2D eigenvalue weighted by molar-refractivity contribution is -0.128. The van der Waals surface area contributed by atoms with Gasteiger partial charge in [0.25, 0.3) is 0 Å². The Morgan fingerprint density at radius 1 is 1.00 bits per heavy atom. The topological polar surface area (TPSA) is 98.6 Å². The van der Waals surface area contributed by atoms with Crippen molar-refractivity contribution >= 4 is 28.5 Å². The van der Waals surface area contributed by atoms with Gasteiger partial charge in [0, 0.05) is 11.2 Å². The lowest BCUT2D eigenvalue weighted by Gasteiger charge is -2.35. The summed E-state index contributed by atoms with van der Waals surface area (Å²) < 4.78 is 12.5. The van der Waals surface area contributed by atoms with Gasteiger partial charge in [0.15, 0.2) is 11.5 Å². The molecule has 204 valence electrons. The lowest BCUT2D eigenvalue weighted by Crippen LogP contribution is -2.51. The number of benzene rings is 3. The molecule has 0 radical (unpaired) electrons. The van der Waals surface area contributed by atoms with Crippen LogP contribution >= 0.6 is 0 Å². The van der Waals surface area contributed by atoms with Gasteiger partial charge in [-0.25, -0.2) is 4.68 Å². The number of para-hydroxylation sites is 2. The summed E-state index contributed by atoms with van der Waals surface area (Å²) in [5.41, 5.74) is 2.98. The van der Waals surface area contributed by atoms with Gasteiger partial charge in [-0.3, -0.25) is 14.5 Å². The Morgan fingerprint density at radius 3 is 2.38 bits per heavy atom. The molecule has 4 aromatic rings. The van der Waals surface area contributed by atoms with Crippen LogP contribution in [0.3, 0.4) is 0 Å². The van der Waals surface area contributed by atoms with Gasteiger partial charge in [-0.2, -0.15) is 0 Å². The molecule has 0 aliphatic carbocycles. The number of ether oxygens (including phenoxy) is 2. The fraction of sp³-hybridized carbons (Fsp3) is 0.333. The average Bonchev–Trinajstić information content (AvgIpc) is 3.34. The second-order valence-electron chi connectivity index (χ2n) is 10.0. The molecule has 1 aromatic heterocycles. The smallest absolute Gasteiger partial charge is 0.249 e. The molecule has 0 bridgehead atoms. The van der Waals surface area contributed by atoms with Gasteiger partial charge in [-0.15, -0.1) is 5.10 Å². The minimum atomic E-state index is -1.00. The molecule has 1 heterocycles. The molecule has 2 amide bonds. The van der Waals surface area contributed by atoms with E-state index in [1.54, 1.807) is 34.9 Å². The predicted molar refractivity (Wildman–Crippen MR) is 151 cm³/mol. The van der Waals surface area contributed by atoms with Crippen molar-refractivity contribution in [2.75, 3.05) is 19.1 Å². The van der Waals surface area contributed by atoms with Crippen molar-refractivity contribution in [1.82, 2.24) is 20.3 Å². The average molecular weight is 530 g/mol. The fourth-order valence-corrected chi connectivity index (χ4v) is 4.42. The number of anilines is 1. The van der Waals surface area contributed by atoms with E-state index in [0.29, 0.717) is 34.7 Å². The molecule has 0 spiro atoms. The number of rotatable bonds is 10. The molecule has 1 unspecified atom stereocenters. The Hall–Kier alpha value is -4.40. The molecule has 0 fully saturated rings. The van der Waals surface area contributed by atoms with E-state index in [2.05, 4.69) is 15.6 Å². The number of methoxy groups -OCH3 is 2. The van der Waals surface area contributed by atoms with E-state index in [0.717, 1.165) is 11.1 Å². The number of carbonyl (C=O) groups excluding carboxylic acids is 2. The van der Waals surface area contributed by atoms with Crippen molar-refractivity contribution in [2.45, 2.75) is 52.2 Å². The maximum absolute atomic E-state index is 14.2. The molecule has 0 saturated carbocycles. The summed E-state index contributed by atoms with van der Waals surface area (Å²) in [6.45, 7) is 7.73. The Balaban J connectivity index is 1.88. The van der Waals surface area contributed by atoms with Crippen LogP contribution in [0.15, 0.2) is 66.7 Å². The van der Waals surface area contributed by atoms with E-state index in [9.17, 15) is 9.59 Å². The monoisotopic (exact) mass is 529 g/mol. The number of nitrogens with zero attached hydrogens (tertiary/aromatic N) is 4. The highest BCUT2D eigenvalue weighted by molar-refractivity contribution is 6.02. The van der Waals surface area contributed by atoms with Crippen LogP contribution in [0.1, 0.15) is 44.4 Å². The van der Waals surface area contributed by atoms with E-state index in [4.69, 9.17) is 9.47 Å². The summed E-state index contributed by atoms with van der Waals surface area (Å²) in [7, 11) is 3.09. The second kappa shape index (κ2) is 11.6. The minimum Gasteiger partial charge on any atom is -0.493 e. The highest BCUT2D eigenvalue weighted by Gasteiger charge is 2.36. The number of fused-ring (bicyclic) bond motifs is 1. The summed E-state index contributed by atoms with van der Waals surface area (Å²) in [6.07, 6.45) is 0.709. The Kier molecular flexibility index (Phi) is 8.18. The van der Waals surface area contributed by atoms with E-state index in [-0.39, 0.29) is 18.4 Å². The maximum Gasteiger partial charge on any atom is 0.249 e. The second-order valence-corrected chi connectivity index (χ2v) is 10.0. The van der Waals surface area contributed by atoms with E-state index in [1.165, 1.54) is 7.11 Å². The first kappa shape index (κ1) is 27.6. The molecule has 0 saturated heterocycles. The van der Waals surface area contributed by atoms with Gasteiger partial charge in [0.05, 0.1) is 19.7 Å². The van der Waals surface area contributed by atoms with Crippen LogP contribution in [0, 0.1) is 6.92 Å². The van der Waals surface area contributed by atoms with Crippen LogP contribution in [0.2, 0.25) is 0 Å². The number of amides is 2. The molecule has 3 aromatic carbocycles. The third kappa shape index (κ3) is 5.87. The standard InChI is InChI=1S/C30H35N5O4/c1-7-30(3,4)31-29(37)28(21-16-17-25(38-5)26(18-21)39-6)35(23-14-10-8-12-20(23)2)27(36)19-34-24-15-11-9-13-22(24)32-33-34/h8-18,28H,7,19H2,1-6H3,(H,31,37). The van der Waals surface area contributed by atoms with Gasteiger partial charge >= 0.3 is 0 Å². The Bertz CT molecular complexity index is 1480. The normalized spacial score (nSPS) is 12.2. The molecular weight excluding hydrogens is 494 g/mol. The van der Waals surface area contributed by atoms with Crippen LogP contribution < -0.4 is 19.7 Å². The molecule has 9 nitrogen and oxygen atoms in total. The van der Waals surface area contributed by atoms with E-state index < -0.39 is 11.6 Å². The van der Waals surface area contributed by atoms with Gasteiger partial charge in [0.1, 0.15) is 18.1 Å². The first-order valence-electron chi connectivity index (χ1n) is 12.9. The minimum absolute atomic E-state index is 0.108. The summed E-state index contributed by atoms with van der Waals surface area (Å²) in [5, 5.41) is 11.6. The predicted octanol–water partition coefficient (Wildman–Crippen LogP) is 4.84.